The molecule has 0 saturated heterocycles. The summed E-state index contributed by atoms with van der Waals surface area (Å²) < 4.78 is 5.46. The van der Waals surface area contributed by atoms with Crippen molar-refractivity contribution in [3.63, 3.8) is 0 Å². The first-order valence-electron chi connectivity index (χ1n) is 6.31. The largest absolute Gasteiger partial charge is 0.399 e. The number of aromatic nitrogens is 2. The van der Waals surface area contributed by atoms with E-state index in [2.05, 4.69) is 15.3 Å². The van der Waals surface area contributed by atoms with E-state index in [9.17, 15) is 0 Å². The van der Waals surface area contributed by atoms with Crippen molar-refractivity contribution in [2.45, 2.75) is 31.4 Å². The van der Waals surface area contributed by atoms with Gasteiger partial charge in [-0.15, -0.1) is 0 Å². The number of aromatic amines is 1. The molecule has 2 aromatic rings. The van der Waals surface area contributed by atoms with Gasteiger partial charge < -0.3 is 20.8 Å². The molecule has 5 heteroatoms. The lowest BCUT2D eigenvalue weighted by atomic mass is 10.2. The Bertz CT molecular complexity index is 551. The van der Waals surface area contributed by atoms with Gasteiger partial charge in [0.15, 0.2) is 0 Å². The molecule has 1 saturated carbocycles. The molecule has 1 fully saturated rings. The molecule has 0 spiro atoms. The predicted molar refractivity (Wildman–Crippen MR) is 72.6 cm³/mol. The summed E-state index contributed by atoms with van der Waals surface area (Å²) in [4.78, 5) is 7.76. The maximum Gasteiger partial charge on any atom is 0.201 e. The summed E-state index contributed by atoms with van der Waals surface area (Å²) in [6.45, 7) is 0. The first kappa shape index (κ1) is 11.3. The van der Waals surface area contributed by atoms with E-state index in [1.807, 2.05) is 18.2 Å². The Morgan fingerprint density at radius 3 is 3.17 bits per heavy atom. The van der Waals surface area contributed by atoms with Crippen LogP contribution >= 0.6 is 0 Å². The SMILES string of the molecule is COC1CCCC1Nc1nc2ccc(N)cc2[nH]1. The van der Waals surface area contributed by atoms with Gasteiger partial charge in [-0.25, -0.2) is 4.98 Å². The van der Waals surface area contributed by atoms with E-state index < -0.39 is 0 Å². The lowest BCUT2D eigenvalue weighted by molar-refractivity contribution is 0.101. The van der Waals surface area contributed by atoms with Gasteiger partial charge in [-0.05, 0) is 37.5 Å². The number of anilines is 2. The smallest absolute Gasteiger partial charge is 0.201 e. The van der Waals surface area contributed by atoms with Crippen molar-refractivity contribution >= 4 is 22.7 Å². The molecular weight excluding hydrogens is 228 g/mol. The molecule has 2 atom stereocenters. The molecule has 18 heavy (non-hydrogen) atoms. The molecule has 96 valence electrons. The van der Waals surface area contributed by atoms with E-state index >= 15 is 0 Å². The summed E-state index contributed by atoms with van der Waals surface area (Å²) in [5.41, 5.74) is 8.39. The van der Waals surface area contributed by atoms with Crippen LogP contribution in [0.15, 0.2) is 18.2 Å². The predicted octanol–water partition coefficient (Wildman–Crippen LogP) is 2.12. The summed E-state index contributed by atoms with van der Waals surface area (Å²) in [7, 11) is 1.77. The Hall–Kier alpha value is -1.75. The van der Waals surface area contributed by atoms with E-state index in [0.29, 0.717) is 6.04 Å². The zero-order valence-corrected chi connectivity index (χ0v) is 10.4. The van der Waals surface area contributed by atoms with Gasteiger partial charge in [-0.1, -0.05) is 0 Å². The van der Waals surface area contributed by atoms with E-state index in [4.69, 9.17) is 10.5 Å². The van der Waals surface area contributed by atoms with Crippen LogP contribution in [0.3, 0.4) is 0 Å². The van der Waals surface area contributed by atoms with Crippen LogP contribution in [-0.2, 0) is 4.74 Å². The first-order chi connectivity index (χ1) is 8.76. The monoisotopic (exact) mass is 246 g/mol. The van der Waals surface area contributed by atoms with Crippen molar-refractivity contribution in [1.82, 2.24) is 9.97 Å². The molecule has 2 unspecified atom stereocenters. The van der Waals surface area contributed by atoms with Gasteiger partial charge in [0.1, 0.15) is 0 Å². The molecule has 0 amide bonds. The average molecular weight is 246 g/mol. The molecule has 0 aliphatic heterocycles. The highest BCUT2D eigenvalue weighted by Crippen LogP contribution is 2.25. The third kappa shape index (κ3) is 2.01. The van der Waals surface area contributed by atoms with Crippen molar-refractivity contribution < 1.29 is 4.74 Å². The lowest BCUT2D eigenvalue weighted by Crippen LogP contribution is -2.30. The van der Waals surface area contributed by atoms with E-state index in [-0.39, 0.29) is 6.10 Å². The molecule has 3 rings (SSSR count). The van der Waals surface area contributed by atoms with Crippen LogP contribution in [0.1, 0.15) is 19.3 Å². The van der Waals surface area contributed by atoms with Crippen molar-refractivity contribution in [2.75, 3.05) is 18.2 Å². The molecule has 1 aliphatic carbocycles. The highest BCUT2D eigenvalue weighted by atomic mass is 16.5. The molecule has 1 aliphatic rings. The quantitative estimate of drug-likeness (QED) is 0.725. The highest BCUT2D eigenvalue weighted by molar-refractivity contribution is 5.80. The minimum atomic E-state index is 0.281. The first-order valence-corrected chi connectivity index (χ1v) is 6.31. The van der Waals surface area contributed by atoms with Gasteiger partial charge in [0.25, 0.3) is 0 Å². The maximum absolute atomic E-state index is 5.75. The molecule has 5 nitrogen and oxygen atoms in total. The van der Waals surface area contributed by atoms with Gasteiger partial charge in [-0.2, -0.15) is 0 Å². The Kier molecular flexibility index (Phi) is 2.83. The van der Waals surface area contributed by atoms with Crippen LogP contribution < -0.4 is 11.1 Å². The van der Waals surface area contributed by atoms with Crippen LogP contribution in [0.2, 0.25) is 0 Å². The summed E-state index contributed by atoms with van der Waals surface area (Å²) in [6, 6.07) is 6.03. The fourth-order valence-corrected chi connectivity index (χ4v) is 2.64. The zero-order chi connectivity index (χ0) is 12.5. The van der Waals surface area contributed by atoms with Crippen LogP contribution in [0.4, 0.5) is 11.6 Å². The Morgan fingerprint density at radius 1 is 1.44 bits per heavy atom. The molecule has 4 N–H and O–H groups in total. The fourth-order valence-electron chi connectivity index (χ4n) is 2.64. The molecule has 0 bridgehead atoms. The number of hydrogen-bond acceptors (Lipinski definition) is 4. The maximum atomic E-state index is 5.75. The number of imidazole rings is 1. The normalized spacial score (nSPS) is 23.6. The Balaban J connectivity index is 1.82. The number of ether oxygens (including phenoxy) is 1. The number of nitrogens with zero attached hydrogens (tertiary/aromatic N) is 1. The number of nitrogens with two attached hydrogens (primary N) is 1. The number of nitrogen functional groups attached to an aromatic ring is 1. The van der Waals surface area contributed by atoms with Gasteiger partial charge in [0.05, 0.1) is 23.2 Å². The Morgan fingerprint density at radius 2 is 2.33 bits per heavy atom. The average Bonchev–Trinajstić information content (AvgIpc) is 2.94. The lowest BCUT2D eigenvalue weighted by Gasteiger charge is -2.18. The third-order valence-corrected chi connectivity index (χ3v) is 3.58. The van der Waals surface area contributed by atoms with E-state index in [1.165, 1.54) is 6.42 Å². The van der Waals surface area contributed by atoms with Crippen molar-refractivity contribution in [3.05, 3.63) is 18.2 Å². The van der Waals surface area contributed by atoms with Crippen LogP contribution in [0, 0.1) is 0 Å². The summed E-state index contributed by atoms with van der Waals surface area (Å²) in [5, 5.41) is 3.42. The van der Waals surface area contributed by atoms with Gasteiger partial charge >= 0.3 is 0 Å². The number of rotatable bonds is 3. The minimum absolute atomic E-state index is 0.281. The fraction of sp³-hybridized carbons (Fsp3) is 0.462. The molecule has 1 heterocycles. The summed E-state index contributed by atoms with van der Waals surface area (Å²) >= 11 is 0. The van der Waals surface area contributed by atoms with E-state index in [1.54, 1.807) is 7.11 Å². The Labute approximate surface area is 106 Å². The van der Waals surface area contributed by atoms with Crippen molar-refractivity contribution in [1.29, 1.82) is 0 Å². The molecule has 0 radical (unpaired) electrons. The molecular formula is C13H18N4O. The summed E-state index contributed by atoms with van der Waals surface area (Å²) in [6.07, 6.45) is 3.71. The van der Waals surface area contributed by atoms with Crippen LogP contribution in [-0.4, -0.2) is 29.2 Å². The van der Waals surface area contributed by atoms with Gasteiger partial charge in [-0.3, -0.25) is 0 Å². The highest BCUT2D eigenvalue weighted by Gasteiger charge is 2.27. The van der Waals surface area contributed by atoms with Gasteiger partial charge in [0.2, 0.25) is 5.95 Å². The summed E-state index contributed by atoms with van der Waals surface area (Å²) in [5.74, 6) is 0.796. The number of fused-ring (bicyclic) bond motifs is 1. The second-order valence-corrected chi connectivity index (χ2v) is 4.82. The van der Waals surface area contributed by atoms with Crippen LogP contribution in [0.25, 0.3) is 11.0 Å². The second kappa shape index (κ2) is 4.49. The molecule has 1 aromatic carbocycles. The van der Waals surface area contributed by atoms with Crippen LogP contribution in [0.5, 0.6) is 0 Å². The number of methoxy groups -OCH3 is 1. The van der Waals surface area contributed by atoms with Crippen molar-refractivity contribution in [2.24, 2.45) is 0 Å². The third-order valence-electron chi connectivity index (χ3n) is 3.58. The van der Waals surface area contributed by atoms with E-state index in [0.717, 1.165) is 35.5 Å². The van der Waals surface area contributed by atoms with Crippen molar-refractivity contribution in [3.8, 4) is 0 Å². The zero-order valence-electron chi connectivity index (χ0n) is 10.4. The number of benzene rings is 1. The number of nitrogens with one attached hydrogen (secondary N) is 2. The second-order valence-electron chi connectivity index (χ2n) is 4.82. The number of H-pyrrole nitrogens is 1. The minimum Gasteiger partial charge on any atom is -0.399 e. The van der Waals surface area contributed by atoms with Gasteiger partial charge in [0, 0.05) is 12.8 Å². The molecule has 1 aromatic heterocycles. The number of hydrogen-bond donors (Lipinski definition) is 3. The topological polar surface area (TPSA) is 76.0 Å². The standard InChI is InChI=1S/C13H18N4O/c1-18-12-4-2-3-10(12)16-13-15-9-6-5-8(14)7-11(9)17-13/h5-7,10,12H,2-4,14H2,1H3,(H2,15,16,17).